The molecular formula is C11H12N2O. The molecule has 0 aromatic carbocycles. The average molecular weight is 188 g/mol. The molecule has 0 fully saturated rings. The standard InChI is InChI=1S/C11H12N2O/c1-8(2)11-10(13-7-14-11)9-5-3-4-6-12-9/h3-8H,1-2H3. The van der Waals surface area contributed by atoms with Crippen molar-refractivity contribution in [2.75, 3.05) is 0 Å². The van der Waals surface area contributed by atoms with Crippen molar-refractivity contribution in [3.8, 4) is 11.4 Å². The lowest BCUT2D eigenvalue weighted by molar-refractivity contribution is 0.483. The first-order valence-corrected chi connectivity index (χ1v) is 4.64. The number of rotatable bonds is 2. The zero-order valence-electron chi connectivity index (χ0n) is 8.27. The highest BCUT2D eigenvalue weighted by Gasteiger charge is 2.13. The van der Waals surface area contributed by atoms with Crippen LogP contribution in [0.4, 0.5) is 0 Å². The Kier molecular flexibility index (Phi) is 2.31. The average Bonchev–Trinajstić information content (AvgIpc) is 2.67. The second-order valence-electron chi connectivity index (χ2n) is 3.43. The molecule has 0 N–H and O–H groups in total. The van der Waals surface area contributed by atoms with E-state index in [9.17, 15) is 0 Å². The summed E-state index contributed by atoms with van der Waals surface area (Å²) in [5, 5.41) is 0. The first-order chi connectivity index (χ1) is 6.79. The van der Waals surface area contributed by atoms with E-state index in [0.29, 0.717) is 5.92 Å². The number of aromatic nitrogens is 2. The molecule has 0 spiro atoms. The number of pyridine rings is 1. The van der Waals surface area contributed by atoms with Crippen LogP contribution in [-0.2, 0) is 0 Å². The van der Waals surface area contributed by atoms with E-state index < -0.39 is 0 Å². The van der Waals surface area contributed by atoms with Crippen LogP contribution in [-0.4, -0.2) is 9.97 Å². The fourth-order valence-electron chi connectivity index (χ4n) is 1.36. The molecule has 0 aliphatic carbocycles. The summed E-state index contributed by atoms with van der Waals surface area (Å²) in [6.45, 7) is 4.15. The lowest BCUT2D eigenvalue weighted by atomic mass is 10.1. The predicted molar refractivity (Wildman–Crippen MR) is 53.8 cm³/mol. The van der Waals surface area contributed by atoms with Crippen molar-refractivity contribution in [3.63, 3.8) is 0 Å². The summed E-state index contributed by atoms with van der Waals surface area (Å²) in [4.78, 5) is 8.42. The predicted octanol–water partition coefficient (Wildman–Crippen LogP) is 2.86. The lowest BCUT2D eigenvalue weighted by Crippen LogP contribution is -1.90. The van der Waals surface area contributed by atoms with Crippen molar-refractivity contribution in [2.24, 2.45) is 0 Å². The van der Waals surface area contributed by atoms with Crippen LogP contribution in [0, 0.1) is 0 Å². The molecular weight excluding hydrogens is 176 g/mol. The Balaban J connectivity index is 2.47. The summed E-state index contributed by atoms with van der Waals surface area (Å²) in [6, 6.07) is 5.77. The van der Waals surface area contributed by atoms with E-state index in [1.54, 1.807) is 6.20 Å². The fourth-order valence-corrected chi connectivity index (χ4v) is 1.36. The van der Waals surface area contributed by atoms with E-state index in [2.05, 4.69) is 23.8 Å². The van der Waals surface area contributed by atoms with Gasteiger partial charge in [0.2, 0.25) is 0 Å². The zero-order valence-corrected chi connectivity index (χ0v) is 8.27. The minimum Gasteiger partial charge on any atom is -0.447 e. The minimum absolute atomic E-state index is 0.328. The third-order valence-electron chi connectivity index (χ3n) is 2.03. The Morgan fingerprint density at radius 1 is 1.21 bits per heavy atom. The molecule has 3 nitrogen and oxygen atoms in total. The van der Waals surface area contributed by atoms with E-state index in [4.69, 9.17) is 4.42 Å². The van der Waals surface area contributed by atoms with Gasteiger partial charge in [-0.25, -0.2) is 4.98 Å². The fraction of sp³-hybridized carbons (Fsp3) is 0.273. The molecule has 0 saturated heterocycles. The summed E-state index contributed by atoms with van der Waals surface area (Å²) in [6.07, 6.45) is 3.23. The van der Waals surface area contributed by atoms with Gasteiger partial charge in [0, 0.05) is 12.1 Å². The zero-order chi connectivity index (χ0) is 9.97. The maximum atomic E-state index is 5.33. The quantitative estimate of drug-likeness (QED) is 0.727. The summed E-state index contributed by atoms with van der Waals surface area (Å²) < 4.78 is 5.33. The monoisotopic (exact) mass is 188 g/mol. The molecule has 2 aromatic rings. The topological polar surface area (TPSA) is 38.9 Å². The van der Waals surface area contributed by atoms with Crippen LogP contribution in [0.25, 0.3) is 11.4 Å². The molecule has 0 atom stereocenters. The molecule has 0 amide bonds. The summed E-state index contributed by atoms with van der Waals surface area (Å²) >= 11 is 0. The Labute approximate surface area is 82.8 Å². The molecule has 2 rings (SSSR count). The van der Waals surface area contributed by atoms with Crippen molar-refractivity contribution in [1.29, 1.82) is 0 Å². The van der Waals surface area contributed by atoms with Gasteiger partial charge >= 0.3 is 0 Å². The van der Waals surface area contributed by atoms with Crippen LogP contribution in [0.3, 0.4) is 0 Å². The molecule has 3 heteroatoms. The molecule has 0 bridgehead atoms. The van der Waals surface area contributed by atoms with Gasteiger partial charge in [0.05, 0.1) is 5.69 Å². The lowest BCUT2D eigenvalue weighted by Gasteiger charge is -2.02. The normalized spacial score (nSPS) is 10.8. The Morgan fingerprint density at radius 2 is 2.07 bits per heavy atom. The van der Waals surface area contributed by atoms with E-state index >= 15 is 0 Å². The maximum absolute atomic E-state index is 5.33. The van der Waals surface area contributed by atoms with Crippen LogP contribution in [0.1, 0.15) is 25.5 Å². The van der Waals surface area contributed by atoms with Gasteiger partial charge < -0.3 is 4.42 Å². The van der Waals surface area contributed by atoms with Gasteiger partial charge in [0.1, 0.15) is 11.5 Å². The SMILES string of the molecule is CC(C)c1ocnc1-c1ccccn1. The van der Waals surface area contributed by atoms with E-state index in [-0.39, 0.29) is 0 Å². The van der Waals surface area contributed by atoms with Crippen molar-refractivity contribution < 1.29 is 4.42 Å². The van der Waals surface area contributed by atoms with Gasteiger partial charge in [-0.05, 0) is 12.1 Å². The van der Waals surface area contributed by atoms with E-state index in [1.165, 1.54) is 6.39 Å². The molecule has 72 valence electrons. The number of hydrogen-bond acceptors (Lipinski definition) is 3. The first-order valence-electron chi connectivity index (χ1n) is 4.64. The highest BCUT2D eigenvalue weighted by molar-refractivity contribution is 5.56. The smallest absolute Gasteiger partial charge is 0.181 e. The molecule has 0 aliphatic rings. The first kappa shape index (κ1) is 8.94. The Morgan fingerprint density at radius 3 is 2.71 bits per heavy atom. The summed E-state index contributed by atoms with van der Waals surface area (Å²) in [5.41, 5.74) is 1.71. The molecule has 0 unspecified atom stereocenters. The van der Waals surface area contributed by atoms with Crippen molar-refractivity contribution in [1.82, 2.24) is 9.97 Å². The largest absolute Gasteiger partial charge is 0.447 e. The maximum Gasteiger partial charge on any atom is 0.181 e. The van der Waals surface area contributed by atoms with Gasteiger partial charge in [-0.2, -0.15) is 0 Å². The summed E-state index contributed by atoms with van der Waals surface area (Å²) in [7, 11) is 0. The minimum atomic E-state index is 0.328. The molecule has 2 aromatic heterocycles. The molecule has 0 saturated carbocycles. The molecule has 14 heavy (non-hydrogen) atoms. The second kappa shape index (κ2) is 3.62. The van der Waals surface area contributed by atoms with Crippen molar-refractivity contribution in [3.05, 3.63) is 36.5 Å². The Bertz CT molecular complexity index is 406. The van der Waals surface area contributed by atoms with Crippen molar-refractivity contribution >= 4 is 0 Å². The third-order valence-corrected chi connectivity index (χ3v) is 2.03. The summed E-state index contributed by atoms with van der Waals surface area (Å²) in [5.74, 6) is 1.22. The molecule has 2 heterocycles. The van der Waals surface area contributed by atoms with Crippen LogP contribution in [0.5, 0.6) is 0 Å². The van der Waals surface area contributed by atoms with Gasteiger partial charge in [-0.1, -0.05) is 19.9 Å². The van der Waals surface area contributed by atoms with E-state index in [0.717, 1.165) is 17.1 Å². The van der Waals surface area contributed by atoms with Gasteiger partial charge in [0.25, 0.3) is 0 Å². The second-order valence-corrected chi connectivity index (χ2v) is 3.43. The van der Waals surface area contributed by atoms with Crippen LogP contribution in [0.2, 0.25) is 0 Å². The van der Waals surface area contributed by atoms with Crippen LogP contribution < -0.4 is 0 Å². The highest BCUT2D eigenvalue weighted by Crippen LogP contribution is 2.25. The highest BCUT2D eigenvalue weighted by atomic mass is 16.3. The number of hydrogen-bond donors (Lipinski definition) is 0. The molecule has 0 aliphatic heterocycles. The van der Waals surface area contributed by atoms with Gasteiger partial charge in [-0.3, -0.25) is 4.98 Å². The van der Waals surface area contributed by atoms with E-state index in [1.807, 2.05) is 18.2 Å². The van der Waals surface area contributed by atoms with Crippen LogP contribution >= 0.6 is 0 Å². The number of nitrogens with zero attached hydrogens (tertiary/aromatic N) is 2. The third kappa shape index (κ3) is 1.53. The van der Waals surface area contributed by atoms with Gasteiger partial charge in [-0.15, -0.1) is 0 Å². The number of oxazole rings is 1. The molecule has 0 radical (unpaired) electrons. The Hall–Kier alpha value is -1.64. The van der Waals surface area contributed by atoms with Gasteiger partial charge in [0.15, 0.2) is 6.39 Å². The van der Waals surface area contributed by atoms with Crippen molar-refractivity contribution in [2.45, 2.75) is 19.8 Å². The van der Waals surface area contributed by atoms with Crippen LogP contribution in [0.15, 0.2) is 35.2 Å².